The van der Waals surface area contributed by atoms with Crippen LogP contribution in [0.3, 0.4) is 0 Å². The normalized spacial score (nSPS) is 20.8. The van der Waals surface area contributed by atoms with Crippen LogP contribution < -0.4 is 11.1 Å². The minimum Gasteiger partial charge on any atom is -0.351 e. The molecule has 1 aliphatic rings. The molecule has 1 atom stereocenters. The van der Waals surface area contributed by atoms with Gasteiger partial charge in [-0.25, -0.2) is 0 Å². The Hall–Kier alpha value is -1.39. The second-order valence-corrected chi connectivity index (χ2v) is 5.62. The molecule has 4 heteroatoms. The minimum atomic E-state index is -0.968. The van der Waals surface area contributed by atoms with E-state index in [2.05, 4.69) is 17.3 Å². The van der Waals surface area contributed by atoms with Crippen molar-refractivity contribution in [1.82, 2.24) is 10.2 Å². The monoisotopic (exact) mass is 261 g/mol. The predicted molar refractivity (Wildman–Crippen MR) is 76.6 cm³/mol. The standard InChI is InChI=1S/C15H23N3O/c1-15(16,12-6-4-3-5-7-12)14(19)17-13-8-10-18(2)11-9-13/h3-7,13H,8-11,16H2,1-2H3,(H,17,19). The van der Waals surface area contributed by atoms with Crippen molar-refractivity contribution in [2.24, 2.45) is 5.73 Å². The van der Waals surface area contributed by atoms with E-state index in [4.69, 9.17) is 5.73 Å². The Morgan fingerprint density at radius 1 is 1.32 bits per heavy atom. The lowest BCUT2D eigenvalue weighted by Crippen LogP contribution is -2.53. The van der Waals surface area contributed by atoms with Gasteiger partial charge in [-0.1, -0.05) is 30.3 Å². The fourth-order valence-corrected chi connectivity index (χ4v) is 2.40. The van der Waals surface area contributed by atoms with E-state index in [1.807, 2.05) is 30.3 Å². The maximum absolute atomic E-state index is 12.4. The third kappa shape index (κ3) is 3.33. The summed E-state index contributed by atoms with van der Waals surface area (Å²) in [6, 6.07) is 9.78. The number of carbonyl (C=O) groups excluding carboxylic acids is 1. The first kappa shape index (κ1) is 14.0. The van der Waals surface area contributed by atoms with Gasteiger partial charge in [0.2, 0.25) is 5.91 Å². The molecule has 0 spiro atoms. The van der Waals surface area contributed by atoms with Gasteiger partial charge in [0, 0.05) is 6.04 Å². The zero-order valence-corrected chi connectivity index (χ0v) is 11.7. The van der Waals surface area contributed by atoms with Crippen molar-refractivity contribution in [1.29, 1.82) is 0 Å². The maximum Gasteiger partial charge on any atom is 0.244 e. The third-order valence-electron chi connectivity index (χ3n) is 3.90. The SMILES string of the molecule is CN1CCC(NC(=O)C(C)(N)c2ccccc2)CC1. The predicted octanol–water partition coefficient (Wildman–Crippen LogP) is 1.07. The van der Waals surface area contributed by atoms with E-state index in [-0.39, 0.29) is 11.9 Å². The Bertz CT molecular complexity index is 422. The molecule has 1 aliphatic heterocycles. The molecule has 0 radical (unpaired) electrons. The highest BCUT2D eigenvalue weighted by Gasteiger charge is 2.32. The van der Waals surface area contributed by atoms with E-state index in [1.54, 1.807) is 6.92 Å². The number of rotatable bonds is 3. The molecular formula is C15H23N3O. The van der Waals surface area contributed by atoms with Crippen LogP contribution in [0.25, 0.3) is 0 Å². The molecule has 0 aromatic heterocycles. The van der Waals surface area contributed by atoms with Crippen LogP contribution in [-0.4, -0.2) is 37.0 Å². The van der Waals surface area contributed by atoms with Gasteiger partial charge in [0.1, 0.15) is 5.54 Å². The highest BCUT2D eigenvalue weighted by Crippen LogP contribution is 2.18. The largest absolute Gasteiger partial charge is 0.351 e. The molecule has 1 unspecified atom stereocenters. The zero-order valence-electron chi connectivity index (χ0n) is 11.7. The van der Waals surface area contributed by atoms with Crippen LogP contribution in [0.2, 0.25) is 0 Å². The minimum absolute atomic E-state index is 0.0896. The van der Waals surface area contributed by atoms with Crippen LogP contribution >= 0.6 is 0 Å². The molecule has 1 aromatic carbocycles. The number of nitrogens with two attached hydrogens (primary N) is 1. The Morgan fingerprint density at radius 3 is 2.47 bits per heavy atom. The average Bonchev–Trinajstić information content (AvgIpc) is 2.42. The van der Waals surface area contributed by atoms with Gasteiger partial charge in [0.25, 0.3) is 0 Å². The summed E-state index contributed by atoms with van der Waals surface area (Å²) in [5.41, 5.74) is 6.08. The number of amides is 1. The summed E-state index contributed by atoms with van der Waals surface area (Å²) < 4.78 is 0. The summed E-state index contributed by atoms with van der Waals surface area (Å²) in [7, 11) is 2.11. The molecule has 104 valence electrons. The number of piperidine rings is 1. The number of nitrogens with zero attached hydrogens (tertiary/aromatic N) is 1. The van der Waals surface area contributed by atoms with Gasteiger partial charge in [-0.15, -0.1) is 0 Å². The van der Waals surface area contributed by atoms with Gasteiger partial charge in [-0.2, -0.15) is 0 Å². The third-order valence-corrected chi connectivity index (χ3v) is 3.90. The van der Waals surface area contributed by atoms with Gasteiger partial charge in [-0.3, -0.25) is 4.79 Å². The van der Waals surface area contributed by atoms with Crippen LogP contribution in [-0.2, 0) is 10.3 Å². The number of hydrogen-bond donors (Lipinski definition) is 2. The van der Waals surface area contributed by atoms with Crippen molar-refractivity contribution in [2.75, 3.05) is 20.1 Å². The van der Waals surface area contributed by atoms with E-state index in [9.17, 15) is 4.79 Å². The quantitative estimate of drug-likeness (QED) is 0.855. The van der Waals surface area contributed by atoms with Gasteiger partial charge in [0.15, 0.2) is 0 Å². The number of benzene rings is 1. The summed E-state index contributed by atoms with van der Waals surface area (Å²) in [4.78, 5) is 14.6. The smallest absolute Gasteiger partial charge is 0.244 e. The molecule has 4 nitrogen and oxygen atoms in total. The molecule has 3 N–H and O–H groups in total. The van der Waals surface area contributed by atoms with Crippen molar-refractivity contribution in [2.45, 2.75) is 31.3 Å². The first-order valence-electron chi connectivity index (χ1n) is 6.84. The van der Waals surface area contributed by atoms with Crippen molar-refractivity contribution < 1.29 is 4.79 Å². The van der Waals surface area contributed by atoms with Gasteiger partial charge < -0.3 is 16.0 Å². The fraction of sp³-hybridized carbons (Fsp3) is 0.533. The van der Waals surface area contributed by atoms with E-state index in [0.29, 0.717) is 0 Å². The molecule has 0 saturated carbocycles. The van der Waals surface area contributed by atoms with Crippen LogP contribution in [0.15, 0.2) is 30.3 Å². The highest BCUT2D eigenvalue weighted by atomic mass is 16.2. The lowest BCUT2D eigenvalue weighted by Gasteiger charge is -2.32. The average molecular weight is 261 g/mol. The molecule has 0 bridgehead atoms. The molecule has 19 heavy (non-hydrogen) atoms. The molecule has 1 fully saturated rings. The van der Waals surface area contributed by atoms with Gasteiger partial charge in [-0.05, 0) is 45.5 Å². The molecule has 0 aliphatic carbocycles. The van der Waals surface area contributed by atoms with Crippen LogP contribution in [0, 0.1) is 0 Å². The van der Waals surface area contributed by atoms with Crippen molar-refractivity contribution in [3.63, 3.8) is 0 Å². The first-order chi connectivity index (χ1) is 9.00. The van der Waals surface area contributed by atoms with Crippen molar-refractivity contribution in [3.8, 4) is 0 Å². The Labute approximate surface area is 115 Å². The maximum atomic E-state index is 12.4. The summed E-state index contributed by atoms with van der Waals surface area (Å²) in [6.45, 7) is 3.82. The summed E-state index contributed by atoms with van der Waals surface area (Å²) in [5.74, 6) is -0.0896. The van der Waals surface area contributed by atoms with Crippen LogP contribution in [0.4, 0.5) is 0 Å². The van der Waals surface area contributed by atoms with E-state index in [0.717, 1.165) is 31.5 Å². The van der Waals surface area contributed by atoms with Crippen molar-refractivity contribution >= 4 is 5.91 Å². The number of nitrogens with one attached hydrogen (secondary N) is 1. The molecule has 1 aromatic rings. The number of hydrogen-bond acceptors (Lipinski definition) is 3. The molecule has 2 rings (SSSR count). The lowest BCUT2D eigenvalue weighted by molar-refractivity contribution is -0.127. The van der Waals surface area contributed by atoms with Gasteiger partial charge in [0.05, 0.1) is 0 Å². The topological polar surface area (TPSA) is 58.4 Å². The second kappa shape index (κ2) is 5.72. The Kier molecular flexibility index (Phi) is 4.22. The number of likely N-dealkylation sites (tertiary alicyclic amines) is 1. The second-order valence-electron chi connectivity index (χ2n) is 5.62. The fourth-order valence-electron chi connectivity index (χ4n) is 2.40. The summed E-state index contributed by atoms with van der Waals surface area (Å²) in [5, 5.41) is 3.09. The van der Waals surface area contributed by atoms with Crippen LogP contribution in [0.5, 0.6) is 0 Å². The Balaban J connectivity index is 1.99. The Morgan fingerprint density at radius 2 is 1.89 bits per heavy atom. The summed E-state index contributed by atoms with van der Waals surface area (Å²) in [6.07, 6.45) is 1.99. The van der Waals surface area contributed by atoms with Crippen molar-refractivity contribution in [3.05, 3.63) is 35.9 Å². The van der Waals surface area contributed by atoms with E-state index in [1.165, 1.54) is 0 Å². The number of carbonyl (C=O) groups is 1. The highest BCUT2D eigenvalue weighted by molar-refractivity contribution is 5.87. The van der Waals surface area contributed by atoms with E-state index < -0.39 is 5.54 Å². The molecule has 1 amide bonds. The van der Waals surface area contributed by atoms with Crippen LogP contribution in [0.1, 0.15) is 25.3 Å². The molecule has 1 saturated heterocycles. The van der Waals surface area contributed by atoms with Gasteiger partial charge >= 0.3 is 0 Å². The lowest BCUT2D eigenvalue weighted by atomic mass is 9.91. The summed E-state index contributed by atoms with van der Waals surface area (Å²) >= 11 is 0. The van der Waals surface area contributed by atoms with E-state index >= 15 is 0 Å². The molecule has 1 heterocycles. The first-order valence-corrected chi connectivity index (χ1v) is 6.84. The zero-order chi connectivity index (χ0) is 13.9. The molecular weight excluding hydrogens is 238 g/mol.